The molecule has 0 atom stereocenters. The van der Waals surface area contributed by atoms with Crippen LogP contribution in [0.15, 0.2) is 188 Å². The maximum atomic E-state index is 5.90. The Labute approximate surface area is 382 Å². The molecule has 0 bridgehead atoms. The van der Waals surface area contributed by atoms with Crippen molar-refractivity contribution in [3.05, 3.63) is 244 Å². The summed E-state index contributed by atoms with van der Waals surface area (Å²) in [5.74, 6) is 1.83. The van der Waals surface area contributed by atoms with Gasteiger partial charge < -0.3 is 0 Å². The fourth-order valence-electron chi connectivity index (χ4n) is 12.0. The standard InChI is InChI=1S/C62H49N3/c1-59(2,3)40-30-26-38(27-31-40)54-36-34-52-57(63-54)65-56-50(61(52)46-20-11-7-16-42(46)43-17-8-12-21-47(43)61)24-15-25-51(56)62(48-22-13-9-18-44(48)45-19-10-14-23-49(45)62)53-35-37-55(64-58(53)65)39-28-32-41(33-29-39)60(4,5)6/h7-37H,1-6H3. The fourth-order valence-corrected chi connectivity index (χ4v) is 12.0. The molecule has 4 aliphatic rings. The number of fused-ring (bicyclic) bond motifs is 18. The van der Waals surface area contributed by atoms with Gasteiger partial charge in [-0.05, 0) is 89.7 Å². The van der Waals surface area contributed by atoms with Crippen LogP contribution < -0.4 is 4.90 Å². The smallest absolute Gasteiger partial charge is 0.144 e. The van der Waals surface area contributed by atoms with E-state index < -0.39 is 10.8 Å². The third-order valence-corrected chi connectivity index (χ3v) is 15.0. The van der Waals surface area contributed by atoms with Crippen LogP contribution in [-0.2, 0) is 21.7 Å². The number of hydrogen-bond acceptors (Lipinski definition) is 3. The minimum Gasteiger partial charge on any atom is -0.278 e. The lowest BCUT2D eigenvalue weighted by Crippen LogP contribution is -2.43. The molecule has 312 valence electrons. The normalized spacial score (nSPS) is 15.1. The van der Waals surface area contributed by atoms with Gasteiger partial charge in [-0.15, -0.1) is 0 Å². The zero-order valence-corrected chi connectivity index (χ0v) is 37.7. The lowest BCUT2D eigenvalue weighted by atomic mass is 9.60. The number of aromatic nitrogens is 2. The second-order valence-electron chi connectivity index (χ2n) is 20.5. The highest BCUT2D eigenvalue weighted by molar-refractivity contribution is 6.01. The van der Waals surface area contributed by atoms with Crippen molar-refractivity contribution in [2.24, 2.45) is 0 Å². The van der Waals surface area contributed by atoms with Gasteiger partial charge in [-0.3, -0.25) is 4.90 Å². The van der Waals surface area contributed by atoms with Gasteiger partial charge >= 0.3 is 0 Å². The molecule has 0 saturated heterocycles. The van der Waals surface area contributed by atoms with Gasteiger partial charge in [-0.25, -0.2) is 9.97 Å². The molecule has 9 aromatic rings. The van der Waals surface area contributed by atoms with Crippen LogP contribution in [0.2, 0.25) is 0 Å². The van der Waals surface area contributed by atoms with Gasteiger partial charge in [0.15, 0.2) is 0 Å². The average molecular weight is 836 g/mol. The Balaban J connectivity index is 1.18. The van der Waals surface area contributed by atoms with Crippen LogP contribution in [-0.4, -0.2) is 9.97 Å². The molecule has 2 aliphatic heterocycles. The highest BCUT2D eigenvalue weighted by Crippen LogP contribution is 2.69. The lowest BCUT2D eigenvalue weighted by Gasteiger charge is -2.50. The molecule has 0 N–H and O–H groups in total. The Morgan fingerprint density at radius 2 is 0.646 bits per heavy atom. The topological polar surface area (TPSA) is 29.0 Å². The third-order valence-electron chi connectivity index (χ3n) is 15.0. The minimum absolute atomic E-state index is 0.0406. The van der Waals surface area contributed by atoms with E-state index in [0.29, 0.717) is 0 Å². The predicted molar refractivity (Wildman–Crippen MR) is 267 cm³/mol. The van der Waals surface area contributed by atoms with Crippen molar-refractivity contribution in [3.63, 3.8) is 0 Å². The van der Waals surface area contributed by atoms with Gasteiger partial charge in [0.25, 0.3) is 0 Å². The summed E-state index contributed by atoms with van der Waals surface area (Å²) in [6.45, 7) is 13.6. The van der Waals surface area contributed by atoms with Crippen LogP contribution in [0.25, 0.3) is 44.8 Å². The zero-order chi connectivity index (χ0) is 44.0. The largest absolute Gasteiger partial charge is 0.278 e. The summed E-state index contributed by atoms with van der Waals surface area (Å²) < 4.78 is 0. The average Bonchev–Trinajstić information content (AvgIpc) is 3.79. The number of para-hydroxylation sites is 1. The number of nitrogens with zero attached hydrogens (tertiary/aromatic N) is 3. The van der Waals surface area contributed by atoms with Crippen molar-refractivity contribution in [3.8, 4) is 44.8 Å². The second-order valence-corrected chi connectivity index (χ2v) is 20.5. The first-order chi connectivity index (χ1) is 31.5. The van der Waals surface area contributed by atoms with Gasteiger partial charge in [0.1, 0.15) is 11.6 Å². The first-order valence-electron chi connectivity index (χ1n) is 23.1. The Kier molecular flexibility index (Phi) is 7.69. The van der Waals surface area contributed by atoms with E-state index in [4.69, 9.17) is 9.97 Å². The molecule has 0 amide bonds. The molecule has 0 saturated carbocycles. The number of hydrogen-bond donors (Lipinski definition) is 0. The molecule has 3 heteroatoms. The van der Waals surface area contributed by atoms with E-state index in [2.05, 4.69) is 234 Å². The number of rotatable bonds is 2. The van der Waals surface area contributed by atoms with E-state index in [-0.39, 0.29) is 10.8 Å². The van der Waals surface area contributed by atoms with Crippen molar-refractivity contribution in [2.75, 3.05) is 4.90 Å². The molecule has 2 spiro atoms. The Bertz CT molecular complexity index is 3130. The molecule has 0 unspecified atom stereocenters. The molecular formula is C62H49N3. The summed E-state index contributed by atoms with van der Waals surface area (Å²) in [6.07, 6.45) is 0. The molecule has 65 heavy (non-hydrogen) atoms. The SMILES string of the molecule is CC(C)(C)c1ccc(-c2ccc3c(n2)N2c4nc(-c5ccc(C(C)(C)C)cc5)ccc4C4(c5ccccc5-c5ccccc54)c4cccc(c42)C32c3ccccc3-c3ccccc32)cc1. The summed E-state index contributed by atoms with van der Waals surface area (Å²) in [5.41, 5.74) is 21.6. The quantitative estimate of drug-likeness (QED) is 0.174. The molecule has 4 heterocycles. The molecular weight excluding hydrogens is 787 g/mol. The maximum absolute atomic E-state index is 5.90. The van der Waals surface area contributed by atoms with Crippen molar-refractivity contribution in [1.82, 2.24) is 9.97 Å². The van der Waals surface area contributed by atoms with Gasteiger partial charge in [0.2, 0.25) is 0 Å². The summed E-state index contributed by atoms with van der Waals surface area (Å²) in [6, 6.07) is 70.7. The Morgan fingerprint density at radius 1 is 0.323 bits per heavy atom. The first kappa shape index (κ1) is 38.1. The summed E-state index contributed by atoms with van der Waals surface area (Å²) in [5, 5.41) is 0. The summed E-state index contributed by atoms with van der Waals surface area (Å²) in [7, 11) is 0. The zero-order valence-electron chi connectivity index (χ0n) is 37.7. The Morgan fingerprint density at radius 3 is 0.985 bits per heavy atom. The number of pyridine rings is 2. The molecule has 13 rings (SSSR count). The maximum Gasteiger partial charge on any atom is 0.144 e. The molecule has 2 aromatic heterocycles. The Hall–Kier alpha value is -7.36. The predicted octanol–water partition coefficient (Wildman–Crippen LogP) is 15.2. The summed E-state index contributed by atoms with van der Waals surface area (Å²) >= 11 is 0. The molecule has 2 aliphatic carbocycles. The number of benzene rings is 7. The molecule has 0 fully saturated rings. The van der Waals surface area contributed by atoms with Crippen molar-refractivity contribution >= 4 is 17.3 Å². The van der Waals surface area contributed by atoms with Crippen molar-refractivity contribution < 1.29 is 0 Å². The molecule has 3 nitrogen and oxygen atoms in total. The first-order valence-corrected chi connectivity index (χ1v) is 23.1. The molecule has 7 aromatic carbocycles. The lowest BCUT2D eigenvalue weighted by molar-refractivity contribution is 0.590. The van der Waals surface area contributed by atoms with E-state index in [9.17, 15) is 0 Å². The van der Waals surface area contributed by atoms with Crippen LogP contribution in [0.5, 0.6) is 0 Å². The minimum atomic E-state index is -0.650. The van der Waals surface area contributed by atoms with E-state index in [1.165, 1.54) is 66.8 Å². The second kappa shape index (κ2) is 13.1. The molecule has 0 radical (unpaired) electrons. The highest BCUT2D eigenvalue weighted by Gasteiger charge is 2.59. The van der Waals surface area contributed by atoms with E-state index >= 15 is 0 Å². The van der Waals surface area contributed by atoms with E-state index in [1.807, 2.05) is 0 Å². The highest BCUT2D eigenvalue weighted by atomic mass is 15.3. The monoisotopic (exact) mass is 835 g/mol. The van der Waals surface area contributed by atoms with Crippen LogP contribution in [0.1, 0.15) is 97.2 Å². The van der Waals surface area contributed by atoms with Crippen LogP contribution in [0.3, 0.4) is 0 Å². The van der Waals surface area contributed by atoms with Crippen LogP contribution in [0.4, 0.5) is 17.3 Å². The van der Waals surface area contributed by atoms with Crippen LogP contribution in [0, 0.1) is 0 Å². The number of anilines is 3. The summed E-state index contributed by atoms with van der Waals surface area (Å²) in [4.78, 5) is 14.2. The van der Waals surface area contributed by atoms with Crippen molar-refractivity contribution in [2.45, 2.75) is 63.2 Å². The van der Waals surface area contributed by atoms with Gasteiger partial charge in [0, 0.05) is 22.3 Å². The van der Waals surface area contributed by atoms with E-state index in [1.54, 1.807) is 0 Å². The van der Waals surface area contributed by atoms with E-state index in [0.717, 1.165) is 51.0 Å². The van der Waals surface area contributed by atoms with Gasteiger partial charge in [0.05, 0.1) is 27.9 Å². The third kappa shape index (κ3) is 4.96. The fraction of sp³-hybridized carbons (Fsp3) is 0.161. The van der Waals surface area contributed by atoms with Crippen molar-refractivity contribution in [1.29, 1.82) is 0 Å². The van der Waals surface area contributed by atoms with Crippen LogP contribution >= 0.6 is 0 Å². The van der Waals surface area contributed by atoms with Gasteiger partial charge in [-0.2, -0.15) is 0 Å². The van der Waals surface area contributed by atoms with Gasteiger partial charge in [-0.1, -0.05) is 217 Å².